The summed E-state index contributed by atoms with van der Waals surface area (Å²) in [6.45, 7) is 6.26. The molecule has 5 rings (SSSR count). The molecule has 0 bridgehead atoms. The van der Waals surface area contributed by atoms with E-state index in [1.54, 1.807) is 4.90 Å². The molecule has 1 unspecified atom stereocenters. The third-order valence-corrected chi connectivity index (χ3v) is 6.57. The molecule has 1 fully saturated rings. The molecule has 2 N–H and O–H groups in total. The van der Waals surface area contributed by atoms with Gasteiger partial charge in [0.25, 0.3) is 5.91 Å². The van der Waals surface area contributed by atoms with Crippen LogP contribution in [-0.2, 0) is 24.2 Å². The number of fused-ring (bicyclic) bond motifs is 2. The molecule has 0 radical (unpaired) electrons. The molecule has 3 heterocycles. The maximum absolute atomic E-state index is 12.9. The van der Waals surface area contributed by atoms with Gasteiger partial charge in [-0.1, -0.05) is 30.3 Å². The highest BCUT2D eigenvalue weighted by Gasteiger charge is 2.38. The number of H-pyrrole nitrogens is 1. The van der Waals surface area contributed by atoms with E-state index in [1.807, 2.05) is 31.2 Å². The highest BCUT2D eigenvalue weighted by atomic mass is 35.5. The largest absolute Gasteiger partial charge is 0.342 e. The second-order valence-corrected chi connectivity index (χ2v) is 8.78. The molecule has 1 aromatic heterocycles. The van der Waals surface area contributed by atoms with Crippen LogP contribution in [0.15, 0.2) is 42.6 Å². The Balaban J connectivity index is 1.30. The molecule has 2 amide bonds. The molecule has 1 atom stereocenters. The van der Waals surface area contributed by atoms with Crippen molar-refractivity contribution in [1.29, 1.82) is 0 Å². The van der Waals surface area contributed by atoms with Crippen LogP contribution >= 0.6 is 11.6 Å². The van der Waals surface area contributed by atoms with Crippen molar-refractivity contribution in [3.05, 3.63) is 75.7 Å². The van der Waals surface area contributed by atoms with Gasteiger partial charge in [-0.25, -0.2) is 4.98 Å². The molecule has 2 aromatic carbocycles. The number of aryl methyl sites for hydroxylation is 3. The number of hydrogen-bond donors (Lipinski definition) is 2. The van der Waals surface area contributed by atoms with Crippen LogP contribution in [0.4, 0.5) is 0 Å². The van der Waals surface area contributed by atoms with E-state index in [2.05, 4.69) is 27.9 Å². The number of carbonyl (C=O) groups is 2. The number of imidazole rings is 1. The summed E-state index contributed by atoms with van der Waals surface area (Å²) in [4.78, 5) is 34.9. The maximum atomic E-state index is 12.9. The van der Waals surface area contributed by atoms with Gasteiger partial charge in [0.1, 0.15) is 11.9 Å². The minimum absolute atomic E-state index is 0.0706. The zero-order valence-electron chi connectivity index (χ0n) is 17.3. The number of amides is 2. The summed E-state index contributed by atoms with van der Waals surface area (Å²) in [5, 5.41) is 3.49. The fourth-order valence-corrected chi connectivity index (χ4v) is 4.59. The van der Waals surface area contributed by atoms with Crippen LogP contribution in [0.1, 0.15) is 45.7 Å². The van der Waals surface area contributed by atoms with Crippen molar-refractivity contribution in [3.63, 3.8) is 0 Å². The summed E-state index contributed by atoms with van der Waals surface area (Å²) < 4.78 is 0. The smallest absolute Gasteiger partial charge is 0.255 e. The molecule has 3 aromatic rings. The van der Waals surface area contributed by atoms with Crippen LogP contribution in [0.2, 0.25) is 5.02 Å². The first-order chi connectivity index (χ1) is 14.9. The van der Waals surface area contributed by atoms with Gasteiger partial charge in [0.05, 0.1) is 11.0 Å². The predicted molar refractivity (Wildman–Crippen MR) is 120 cm³/mol. The van der Waals surface area contributed by atoms with Crippen LogP contribution in [0.5, 0.6) is 0 Å². The number of nitrogens with zero attached hydrogens (tertiary/aromatic N) is 2. The standard InChI is InChI=1S/C24H23ClN4O2/c1-13-9-19-20(11-18(13)25)28-22(27-19)8-5-15-4-6-17-16(10-15)12-29(24(17)31)21-7-3-14(2)26-23(21)30/h4,6,9-11,21H,2-3,5,7-8,12H2,1H3,(H,26,30)(H,27,28). The minimum Gasteiger partial charge on any atom is -0.342 e. The first-order valence-corrected chi connectivity index (χ1v) is 10.8. The van der Waals surface area contributed by atoms with Gasteiger partial charge in [-0.3, -0.25) is 9.59 Å². The number of benzene rings is 2. The lowest BCUT2D eigenvalue weighted by molar-refractivity contribution is -0.126. The van der Waals surface area contributed by atoms with E-state index in [9.17, 15) is 9.59 Å². The average molecular weight is 435 g/mol. The zero-order chi connectivity index (χ0) is 21.7. The maximum Gasteiger partial charge on any atom is 0.255 e. The van der Waals surface area contributed by atoms with Crippen molar-refractivity contribution in [2.75, 3.05) is 0 Å². The van der Waals surface area contributed by atoms with Crippen LogP contribution < -0.4 is 5.32 Å². The fourth-order valence-electron chi connectivity index (χ4n) is 4.44. The number of rotatable bonds is 4. The van der Waals surface area contributed by atoms with Crippen molar-refractivity contribution in [2.45, 2.75) is 45.2 Å². The Morgan fingerprint density at radius 1 is 1.23 bits per heavy atom. The Hall–Kier alpha value is -3.12. The van der Waals surface area contributed by atoms with Crippen molar-refractivity contribution in [1.82, 2.24) is 20.2 Å². The van der Waals surface area contributed by atoms with Gasteiger partial charge >= 0.3 is 0 Å². The van der Waals surface area contributed by atoms with Crippen LogP contribution in [0.25, 0.3) is 11.0 Å². The Labute approximate surface area is 185 Å². The third kappa shape index (κ3) is 3.61. The fraction of sp³-hybridized carbons (Fsp3) is 0.292. The van der Waals surface area contributed by atoms with E-state index >= 15 is 0 Å². The average Bonchev–Trinajstić information content (AvgIpc) is 3.27. The van der Waals surface area contributed by atoms with Gasteiger partial charge in [0, 0.05) is 29.2 Å². The zero-order valence-corrected chi connectivity index (χ0v) is 18.1. The quantitative estimate of drug-likeness (QED) is 0.650. The molecule has 2 aliphatic heterocycles. The Morgan fingerprint density at radius 2 is 2.06 bits per heavy atom. The van der Waals surface area contributed by atoms with Crippen LogP contribution in [-0.4, -0.2) is 32.7 Å². The lowest BCUT2D eigenvalue weighted by Gasteiger charge is -2.30. The van der Waals surface area contributed by atoms with Gasteiger partial charge in [0.15, 0.2) is 0 Å². The number of aromatic amines is 1. The van der Waals surface area contributed by atoms with Gasteiger partial charge in [-0.05, 0) is 61.1 Å². The lowest BCUT2D eigenvalue weighted by Crippen LogP contribution is -2.49. The first-order valence-electron chi connectivity index (χ1n) is 10.4. The number of nitrogens with one attached hydrogen (secondary N) is 2. The molecule has 31 heavy (non-hydrogen) atoms. The monoisotopic (exact) mass is 434 g/mol. The van der Waals surface area contributed by atoms with Gasteiger partial charge in [-0.15, -0.1) is 0 Å². The number of allylic oxidation sites excluding steroid dienone is 1. The Bertz CT molecular complexity index is 1210. The van der Waals surface area contributed by atoms with E-state index in [0.29, 0.717) is 30.0 Å². The first kappa shape index (κ1) is 19.8. The topological polar surface area (TPSA) is 78.1 Å². The van der Waals surface area contributed by atoms with Gasteiger partial charge in [-0.2, -0.15) is 0 Å². The van der Waals surface area contributed by atoms with E-state index in [0.717, 1.165) is 52.1 Å². The summed E-state index contributed by atoms with van der Waals surface area (Å²) >= 11 is 6.21. The number of aromatic nitrogens is 2. The predicted octanol–water partition coefficient (Wildman–Crippen LogP) is 4.06. The minimum atomic E-state index is -0.431. The number of piperidine rings is 1. The number of halogens is 1. The second kappa shape index (κ2) is 7.54. The summed E-state index contributed by atoms with van der Waals surface area (Å²) in [5.74, 6) is 0.700. The van der Waals surface area contributed by atoms with Crippen LogP contribution in [0.3, 0.4) is 0 Å². The van der Waals surface area contributed by atoms with Crippen molar-refractivity contribution < 1.29 is 9.59 Å². The third-order valence-electron chi connectivity index (χ3n) is 6.16. The van der Waals surface area contributed by atoms with Gasteiger partial charge in [0.2, 0.25) is 5.91 Å². The highest BCUT2D eigenvalue weighted by molar-refractivity contribution is 6.32. The molecule has 0 aliphatic carbocycles. The summed E-state index contributed by atoms with van der Waals surface area (Å²) in [7, 11) is 0. The summed E-state index contributed by atoms with van der Waals surface area (Å²) in [6.07, 6.45) is 2.88. The highest BCUT2D eigenvalue weighted by Crippen LogP contribution is 2.29. The lowest BCUT2D eigenvalue weighted by atomic mass is 10.0. The van der Waals surface area contributed by atoms with E-state index in [1.165, 1.54) is 0 Å². The molecule has 7 heteroatoms. The Kier molecular flexibility index (Phi) is 4.82. The van der Waals surface area contributed by atoms with Crippen LogP contribution in [0, 0.1) is 6.92 Å². The Morgan fingerprint density at radius 3 is 2.87 bits per heavy atom. The molecule has 0 saturated carbocycles. The molecule has 2 aliphatic rings. The summed E-state index contributed by atoms with van der Waals surface area (Å²) in [6, 6.07) is 9.43. The van der Waals surface area contributed by atoms with Crippen molar-refractivity contribution >= 4 is 34.4 Å². The van der Waals surface area contributed by atoms with Crippen molar-refractivity contribution in [2.24, 2.45) is 0 Å². The molecule has 6 nitrogen and oxygen atoms in total. The molecular weight excluding hydrogens is 412 g/mol. The second-order valence-electron chi connectivity index (χ2n) is 8.37. The molecular formula is C24H23ClN4O2. The van der Waals surface area contributed by atoms with Gasteiger partial charge < -0.3 is 15.2 Å². The SMILES string of the molecule is C=C1CCC(N2Cc3cc(CCc4nc5cc(Cl)c(C)cc5[nH]4)ccc3C2=O)C(=O)N1. The van der Waals surface area contributed by atoms with E-state index in [4.69, 9.17) is 11.6 Å². The molecule has 158 valence electrons. The normalized spacial score (nSPS) is 18.6. The molecule has 1 saturated heterocycles. The van der Waals surface area contributed by atoms with Crippen molar-refractivity contribution in [3.8, 4) is 0 Å². The summed E-state index contributed by atoms with van der Waals surface area (Å²) in [5.41, 5.74) is 6.41. The number of carbonyl (C=O) groups excluding carboxylic acids is 2. The van der Waals surface area contributed by atoms with E-state index in [-0.39, 0.29) is 11.8 Å². The molecule has 0 spiro atoms. The number of hydrogen-bond acceptors (Lipinski definition) is 3. The van der Waals surface area contributed by atoms with E-state index < -0.39 is 6.04 Å².